The summed E-state index contributed by atoms with van der Waals surface area (Å²) in [7, 11) is 0. The number of alkyl halides is 2. The summed E-state index contributed by atoms with van der Waals surface area (Å²) in [5.41, 5.74) is 8.55. The van der Waals surface area contributed by atoms with E-state index < -0.39 is 18.5 Å². The van der Waals surface area contributed by atoms with Crippen molar-refractivity contribution >= 4 is 34.3 Å². The Morgan fingerprint density at radius 2 is 1.59 bits per heavy atom. The first-order chi connectivity index (χ1) is 15.4. The summed E-state index contributed by atoms with van der Waals surface area (Å²) < 4.78 is 28.7. The number of nitrogens with two attached hydrogens (primary N) is 1. The van der Waals surface area contributed by atoms with Gasteiger partial charge in [-0.2, -0.15) is 8.78 Å². The van der Waals surface area contributed by atoms with Crippen LogP contribution in [-0.2, 0) is 0 Å². The van der Waals surface area contributed by atoms with Crippen LogP contribution in [0.15, 0.2) is 66.9 Å². The first-order valence-corrected chi connectivity index (χ1v) is 9.40. The van der Waals surface area contributed by atoms with Crippen LogP contribution in [0.25, 0.3) is 22.2 Å². The highest BCUT2D eigenvalue weighted by atomic mass is 19.3. The number of hydrogen-bond acceptors (Lipinski definition) is 4. The third kappa shape index (κ3) is 4.48. The van der Waals surface area contributed by atoms with Crippen LogP contribution in [0.4, 0.5) is 25.0 Å². The van der Waals surface area contributed by atoms with Crippen molar-refractivity contribution in [1.82, 2.24) is 9.97 Å². The highest BCUT2D eigenvalue weighted by Crippen LogP contribution is 2.32. The summed E-state index contributed by atoms with van der Waals surface area (Å²) in [6.07, 6.45) is 1.61. The molecule has 0 spiro atoms. The van der Waals surface area contributed by atoms with Gasteiger partial charge in [0.1, 0.15) is 17.1 Å². The molecule has 0 aliphatic rings. The molecule has 8 nitrogen and oxygen atoms in total. The molecule has 0 fully saturated rings. The van der Waals surface area contributed by atoms with Crippen molar-refractivity contribution in [2.24, 2.45) is 5.73 Å². The molecule has 2 aromatic heterocycles. The van der Waals surface area contributed by atoms with Gasteiger partial charge in [0, 0.05) is 28.5 Å². The summed E-state index contributed by atoms with van der Waals surface area (Å²) in [4.78, 5) is 31.3. The molecule has 4 rings (SSSR count). The predicted molar refractivity (Wildman–Crippen MR) is 116 cm³/mol. The van der Waals surface area contributed by atoms with E-state index in [-0.39, 0.29) is 11.4 Å². The van der Waals surface area contributed by atoms with E-state index in [4.69, 9.17) is 5.73 Å². The van der Waals surface area contributed by atoms with Gasteiger partial charge in [-0.05, 0) is 54.1 Å². The Balaban J connectivity index is 1.48. The second-order valence-electron chi connectivity index (χ2n) is 6.70. The molecular formula is C22H17F2N5O3. The SMILES string of the molecule is NC(=O)c1[nH]c2ncccc2c1-c1ccc(NC(=O)Nc2ccc(OC(F)F)cc2)cc1. The topological polar surface area (TPSA) is 122 Å². The molecule has 0 aliphatic heterocycles. The number of carbonyl (C=O) groups is 2. The maximum atomic E-state index is 12.2. The molecule has 0 saturated heterocycles. The lowest BCUT2D eigenvalue weighted by atomic mass is 10.0. The quantitative estimate of drug-likeness (QED) is 0.353. The van der Waals surface area contributed by atoms with Gasteiger partial charge in [-0.25, -0.2) is 9.78 Å². The summed E-state index contributed by atoms with van der Waals surface area (Å²) in [6.45, 7) is -2.92. The van der Waals surface area contributed by atoms with Crippen LogP contribution in [-0.4, -0.2) is 28.5 Å². The number of hydrogen-bond donors (Lipinski definition) is 4. The third-order valence-corrected chi connectivity index (χ3v) is 4.59. The monoisotopic (exact) mass is 437 g/mol. The zero-order chi connectivity index (χ0) is 22.7. The van der Waals surface area contributed by atoms with Gasteiger partial charge in [0.2, 0.25) is 0 Å². The number of fused-ring (bicyclic) bond motifs is 1. The van der Waals surface area contributed by atoms with E-state index in [1.807, 2.05) is 6.07 Å². The Kier molecular flexibility index (Phi) is 5.67. The number of aromatic amines is 1. The number of aromatic nitrogens is 2. The normalized spacial score (nSPS) is 10.8. The van der Waals surface area contributed by atoms with Crippen LogP contribution < -0.4 is 21.1 Å². The van der Waals surface area contributed by atoms with Crippen molar-refractivity contribution in [3.8, 4) is 16.9 Å². The highest BCUT2D eigenvalue weighted by Gasteiger charge is 2.17. The average molecular weight is 437 g/mol. The molecule has 162 valence electrons. The number of rotatable bonds is 6. The van der Waals surface area contributed by atoms with Crippen molar-refractivity contribution in [2.75, 3.05) is 10.6 Å². The zero-order valence-electron chi connectivity index (χ0n) is 16.4. The molecule has 0 aliphatic carbocycles. The van der Waals surface area contributed by atoms with Crippen molar-refractivity contribution in [2.45, 2.75) is 6.61 Å². The van der Waals surface area contributed by atoms with Gasteiger partial charge in [0.25, 0.3) is 5.91 Å². The number of H-pyrrole nitrogens is 1. The number of urea groups is 1. The van der Waals surface area contributed by atoms with Gasteiger partial charge in [-0.15, -0.1) is 0 Å². The lowest BCUT2D eigenvalue weighted by molar-refractivity contribution is -0.0498. The number of halogens is 2. The molecule has 10 heteroatoms. The molecule has 3 amide bonds. The Morgan fingerprint density at radius 3 is 2.19 bits per heavy atom. The van der Waals surface area contributed by atoms with E-state index in [1.165, 1.54) is 24.3 Å². The number of ether oxygens (including phenoxy) is 1. The maximum Gasteiger partial charge on any atom is 0.387 e. The van der Waals surface area contributed by atoms with E-state index in [0.29, 0.717) is 22.6 Å². The van der Waals surface area contributed by atoms with Gasteiger partial charge in [-0.3, -0.25) is 4.79 Å². The molecule has 2 aromatic carbocycles. The fourth-order valence-electron chi connectivity index (χ4n) is 3.24. The Bertz CT molecular complexity index is 1270. The fourth-order valence-corrected chi connectivity index (χ4v) is 3.24. The lowest BCUT2D eigenvalue weighted by Gasteiger charge is -2.10. The number of benzene rings is 2. The van der Waals surface area contributed by atoms with Crippen molar-refractivity contribution in [1.29, 1.82) is 0 Å². The zero-order valence-corrected chi connectivity index (χ0v) is 16.4. The summed E-state index contributed by atoms with van der Waals surface area (Å²) >= 11 is 0. The van der Waals surface area contributed by atoms with E-state index in [9.17, 15) is 18.4 Å². The van der Waals surface area contributed by atoms with E-state index in [0.717, 1.165) is 10.9 Å². The molecule has 2 heterocycles. The summed E-state index contributed by atoms with van der Waals surface area (Å²) in [6, 6.07) is 15.4. The number of carbonyl (C=O) groups excluding carboxylic acids is 2. The number of primary amides is 1. The van der Waals surface area contributed by atoms with E-state index in [1.54, 1.807) is 36.5 Å². The lowest BCUT2D eigenvalue weighted by Crippen LogP contribution is -2.19. The minimum atomic E-state index is -2.92. The van der Waals surface area contributed by atoms with Gasteiger partial charge in [0.05, 0.1) is 0 Å². The summed E-state index contributed by atoms with van der Waals surface area (Å²) in [5, 5.41) is 6.01. The van der Waals surface area contributed by atoms with Crippen LogP contribution in [0.3, 0.4) is 0 Å². The average Bonchev–Trinajstić information content (AvgIpc) is 3.15. The van der Waals surface area contributed by atoms with E-state index >= 15 is 0 Å². The Labute approximate surface area is 180 Å². The number of anilines is 2. The number of nitrogens with one attached hydrogen (secondary N) is 3. The fraction of sp³-hybridized carbons (Fsp3) is 0.0455. The molecular weight excluding hydrogens is 420 g/mol. The maximum absolute atomic E-state index is 12.2. The Morgan fingerprint density at radius 1 is 0.969 bits per heavy atom. The molecule has 0 bridgehead atoms. The van der Waals surface area contributed by atoms with Crippen LogP contribution in [0.5, 0.6) is 5.75 Å². The first-order valence-electron chi connectivity index (χ1n) is 9.40. The largest absolute Gasteiger partial charge is 0.435 e. The van der Waals surface area contributed by atoms with Gasteiger partial charge >= 0.3 is 12.6 Å². The van der Waals surface area contributed by atoms with Crippen LogP contribution in [0, 0.1) is 0 Å². The highest BCUT2D eigenvalue weighted by molar-refractivity contribution is 6.08. The standard InChI is InChI=1S/C22H17F2N5O3/c23-21(24)32-15-9-7-14(8-10-15)28-22(31)27-13-5-3-12(4-6-13)17-16-2-1-11-26-20(16)29-18(17)19(25)30/h1-11,21H,(H2,25,30)(H,26,29)(H2,27,28,31). The molecule has 32 heavy (non-hydrogen) atoms. The smallest absolute Gasteiger partial charge is 0.387 e. The molecule has 0 atom stereocenters. The predicted octanol–water partition coefficient (Wildman–Crippen LogP) is 4.57. The minimum Gasteiger partial charge on any atom is -0.435 e. The second-order valence-corrected chi connectivity index (χ2v) is 6.70. The second kappa shape index (κ2) is 8.72. The molecule has 0 saturated carbocycles. The molecule has 4 aromatic rings. The van der Waals surface area contributed by atoms with Crippen molar-refractivity contribution < 1.29 is 23.1 Å². The van der Waals surface area contributed by atoms with E-state index in [2.05, 4.69) is 25.3 Å². The van der Waals surface area contributed by atoms with Gasteiger partial charge in [-0.1, -0.05) is 12.1 Å². The van der Waals surface area contributed by atoms with Crippen LogP contribution >= 0.6 is 0 Å². The van der Waals surface area contributed by atoms with Crippen LogP contribution in [0.2, 0.25) is 0 Å². The molecule has 0 radical (unpaired) electrons. The molecule has 5 N–H and O–H groups in total. The van der Waals surface area contributed by atoms with Crippen LogP contribution in [0.1, 0.15) is 10.5 Å². The van der Waals surface area contributed by atoms with Crippen molar-refractivity contribution in [3.05, 3.63) is 72.6 Å². The number of amides is 3. The Hall–Kier alpha value is -4.47. The number of pyridine rings is 1. The number of nitrogens with zero attached hydrogens (tertiary/aromatic N) is 1. The minimum absolute atomic E-state index is 0.00985. The van der Waals surface area contributed by atoms with Crippen molar-refractivity contribution in [3.63, 3.8) is 0 Å². The van der Waals surface area contributed by atoms with Gasteiger partial charge < -0.3 is 26.1 Å². The van der Waals surface area contributed by atoms with Gasteiger partial charge in [0.15, 0.2) is 0 Å². The first kappa shape index (κ1) is 20.8. The third-order valence-electron chi connectivity index (χ3n) is 4.59. The molecule has 0 unspecified atom stereocenters. The summed E-state index contributed by atoms with van der Waals surface area (Å²) in [5.74, 6) is -0.617.